The smallest absolute Gasteiger partial charge is 0.340 e. The van der Waals surface area contributed by atoms with Gasteiger partial charge < -0.3 is 9.64 Å². The Morgan fingerprint density at radius 3 is 2.30 bits per heavy atom. The van der Waals surface area contributed by atoms with Crippen LogP contribution >= 0.6 is 0 Å². The van der Waals surface area contributed by atoms with Crippen molar-refractivity contribution in [1.82, 2.24) is 4.90 Å². The maximum absolute atomic E-state index is 12.3. The van der Waals surface area contributed by atoms with Crippen molar-refractivity contribution < 1.29 is 22.7 Å². The van der Waals surface area contributed by atoms with Crippen LogP contribution in [0.4, 0.5) is 5.69 Å². The van der Waals surface area contributed by atoms with E-state index in [1.807, 2.05) is 37.3 Å². The van der Waals surface area contributed by atoms with Crippen LogP contribution < -0.4 is 4.72 Å². The van der Waals surface area contributed by atoms with E-state index in [2.05, 4.69) is 4.72 Å². The Balaban J connectivity index is 2.02. The van der Waals surface area contributed by atoms with Gasteiger partial charge in [0.25, 0.3) is 5.91 Å². The summed E-state index contributed by atoms with van der Waals surface area (Å²) in [5, 5.41) is 0. The molecule has 2 rings (SSSR count). The quantitative estimate of drug-likeness (QED) is 0.733. The maximum atomic E-state index is 12.3. The van der Waals surface area contributed by atoms with E-state index in [0.717, 1.165) is 11.8 Å². The lowest BCUT2D eigenvalue weighted by Crippen LogP contribution is -2.33. The molecular formula is C19H22N2O5S. The summed E-state index contributed by atoms with van der Waals surface area (Å²) < 4.78 is 30.2. The van der Waals surface area contributed by atoms with Gasteiger partial charge in [0.05, 0.1) is 23.5 Å². The molecule has 0 bridgehead atoms. The zero-order chi connectivity index (χ0) is 20.0. The van der Waals surface area contributed by atoms with E-state index < -0.39 is 22.6 Å². The van der Waals surface area contributed by atoms with Crippen LogP contribution in [0.25, 0.3) is 0 Å². The number of rotatable bonds is 7. The second-order valence-electron chi connectivity index (χ2n) is 6.09. The molecule has 0 aliphatic heterocycles. The fourth-order valence-corrected chi connectivity index (χ4v) is 3.01. The first-order valence-corrected chi connectivity index (χ1v) is 10.1. The van der Waals surface area contributed by atoms with Gasteiger partial charge in [-0.1, -0.05) is 42.5 Å². The molecule has 0 spiro atoms. The average molecular weight is 390 g/mol. The second-order valence-corrected chi connectivity index (χ2v) is 7.84. The summed E-state index contributed by atoms with van der Waals surface area (Å²) in [4.78, 5) is 26.1. The molecule has 1 atom stereocenters. The summed E-state index contributed by atoms with van der Waals surface area (Å²) in [5.41, 5.74) is 1.10. The van der Waals surface area contributed by atoms with Crippen molar-refractivity contribution in [3.8, 4) is 0 Å². The summed E-state index contributed by atoms with van der Waals surface area (Å²) in [6.45, 7) is 1.43. The largest absolute Gasteiger partial charge is 0.452 e. The summed E-state index contributed by atoms with van der Waals surface area (Å²) in [6, 6.07) is 15.3. The van der Waals surface area contributed by atoms with Gasteiger partial charge in [-0.05, 0) is 24.6 Å². The molecule has 0 saturated carbocycles. The highest BCUT2D eigenvalue weighted by Gasteiger charge is 2.20. The third-order valence-electron chi connectivity index (χ3n) is 4.03. The van der Waals surface area contributed by atoms with Crippen molar-refractivity contribution in [2.75, 3.05) is 24.6 Å². The molecule has 0 radical (unpaired) electrons. The number of nitrogens with one attached hydrogen (secondary N) is 1. The van der Waals surface area contributed by atoms with Crippen molar-refractivity contribution in [1.29, 1.82) is 0 Å². The van der Waals surface area contributed by atoms with Gasteiger partial charge in [-0.15, -0.1) is 0 Å². The van der Waals surface area contributed by atoms with E-state index in [4.69, 9.17) is 4.74 Å². The third kappa shape index (κ3) is 5.82. The Kier molecular flexibility index (Phi) is 6.57. The van der Waals surface area contributed by atoms with Crippen LogP contribution in [0.3, 0.4) is 0 Å². The number of carbonyl (C=O) groups is 2. The number of amides is 1. The van der Waals surface area contributed by atoms with Gasteiger partial charge in [0.1, 0.15) is 0 Å². The van der Waals surface area contributed by atoms with Gasteiger partial charge in [-0.2, -0.15) is 0 Å². The molecule has 0 unspecified atom stereocenters. The standard InChI is InChI=1S/C19H22N2O5S/c1-14(15-9-5-4-6-10-15)21(2)18(22)13-26-19(23)16-11-7-8-12-17(16)20-27(3,24)25/h4-12,14,20H,13H2,1-3H3/t14-/m1/s1. The van der Waals surface area contributed by atoms with Gasteiger partial charge in [0.2, 0.25) is 10.0 Å². The first kappa shape index (κ1) is 20.4. The highest BCUT2D eigenvalue weighted by atomic mass is 32.2. The number of anilines is 1. The van der Waals surface area contributed by atoms with E-state index in [-0.39, 0.29) is 23.2 Å². The molecule has 2 aromatic carbocycles. The summed E-state index contributed by atoms with van der Waals surface area (Å²) in [7, 11) is -1.92. The van der Waals surface area contributed by atoms with Gasteiger partial charge >= 0.3 is 5.97 Å². The second kappa shape index (κ2) is 8.68. The van der Waals surface area contributed by atoms with Gasteiger partial charge in [0.15, 0.2) is 6.61 Å². The predicted molar refractivity (Wildman–Crippen MR) is 103 cm³/mol. The Morgan fingerprint density at radius 2 is 1.67 bits per heavy atom. The SMILES string of the molecule is C[C@H](c1ccccc1)N(C)C(=O)COC(=O)c1ccccc1NS(C)(=O)=O. The van der Waals surface area contributed by atoms with E-state index in [9.17, 15) is 18.0 Å². The fourth-order valence-electron chi connectivity index (χ4n) is 2.43. The minimum Gasteiger partial charge on any atom is -0.452 e. The van der Waals surface area contributed by atoms with Crippen LogP contribution in [0, 0.1) is 0 Å². The van der Waals surface area contributed by atoms with E-state index in [1.165, 1.54) is 17.0 Å². The summed E-state index contributed by atoms with van der Waals surface area (Å²) in [5.74, 6) is -1.15. The zero-order valence-corrected chi connectivity index (χ0v) is 16.2. The molecule has 0 fully saturated rings. The van der Waals surface area contributed by atoms with Crippen LogP contribution in [-0.2, 0) is 19.6 Å². The first-order chi connectivity index (χ1) is 12.7. The van der Waals surface area contributed by atoms with Gasteiger partial charge in [0, 0.05) is 7.05 Å². The minimum absolute atomic E-state index is 0.0366. The number of sulfonamides is 1. The van der Waals surface area contributed by atoms with Crippen LogP contribution in [0.1, 0.15) is 28.9 Å². The number of benzene rings is 2. The Bertz CT molecular complexity index is 913. The molecule has 27 heavy (non-hydrogen) atoms. The number of ether oxygens (including phenoxy) is 1. The molecule has 0 heterocycles. The molecular weight excluding hydrogens is 368 g/mol. The van der Waals surface area contributed by atoms with Gasteiger partial charge in [-0.3, -0.25) is 9.52 Å². The molecule has 1 amide bonds. The molecule has 8 heteroatoms. The van der Waals surface area contributed by atoms with Gasteiger partial charge in [-0.25, -0.2) is 13.2 Å². The number of hydrogen-bond donors (Lipinski definition) is 1. The van der Waals surface area contributed by atoms with Crippen molar-refractivity contribution in [3.05, 3.63) is 65.7 Å². The number of para-hydroxylation sites is 1. The number of likely N-dealkylation sites (N-methyl/N-ethyl adjacent to an activating group) is 1. The Labute approximate surface area is 159 Å². The summed E-state index contributed by atoms with van der Waals surface area (Å²) in [6.07, 6.45) is 0.985. The topological polar surface area (TPSA) is 92.8 Å². The average Bonchev–Trinajstić information content (AvgIpc) is 2.64. The molecule has 7 nitrogen and oxygen atoms in total. The minimum atomic E-state index is -3.55. The molecule has 0 aromatic heterocycles. The maximum Gasteiger partial charge on any atom is 0.340 e. The number of nitrogens with zero attached hydrogens (tertiary/aromatic N) is 1. The van der Waals surface area contributed by atoms with E-state index >= 15 is 0 Å². The highest BCUT2D eigenvalue weighted by Crippen LogP contribution is 2.19. The van der Waals surface area contributed by atoms with Crippen molar-refractivity contribution in [3.63, 3.8) is 0 Å². The lowest BCUT2D eigenvalue weighted by Gasteiger charge is -2.25. The van der Waals surface area contributed by atoms with Crippen LogP contribution in [0.2, 0.25) is 0 Å². The zero-order valence-electron chi connectivity index (χ0n) is 15.4. The third-order valence-corrected chi connectivity index (χ3v) is 4.62. The Morgan fingerprint density at radius 1 is 1.07 bits per heavy atom. The fraction of sp³-hybridized carbons (Fsp3) is 0.263. The van der Waals surface area contributed by atoms with E-state index in [1.54, 1.807) is 19.2 Å². The normalized spacial score (nSPS) is 12.1. The number of carbonyl (C=O) groups excluding carboxylic acids is 2. The molecule has 1 N–H and O–H groups in total. The lowest BCUT2D eigenvalue weighted by molar-refractivity contribution is -0.135. The van der Waals surface area contributed by atoms with Crippen molar-refractivity contribution in [2.24, 2.45) is 0 Å². The number of esters is 1. The van der Waals surface area contributed by atoms with Crippen LogP contribution in [0.15, 0.2) is 54.6 Å². The summed E-state index contributed by atoms with van der Waals surface area (Å²) >= 11 is 0. The highest BCUT2D eigenvalue weighted by molar-refractivity contribution is 7.92. The molecule has 0 saturated heterocycles. The molecule has 144 valence electrons. The van der Waals surface area contributed by atoms with Crippen molar-refractivity contribution >= 4 is 27.6 Å². The molecule has 0 aliphatic rings. The monoisotopic (exact) mass is 390 g/mol. The van der Waals surface area contributed by atoms with Crippen LogP contribution in [-0.4, -0.2) is 45.1 Å². The molecule has 2 aromatic rings. The van der Waals surface area contributed by atoms with Crippen LogP contribution in [0.5, 0.6) is 0 Å². The first-order valence-electron chi connectivity index (χ1n) is 8.23. The molecule has 0 aliphatic carbocycles. The van der Waals surface area contributed by atoms with E-state index in [0.29, 0.717) is 0 Å². The predicted octanol–water partition coefficient (Wildman–Crippen LogP) is 2.43. The van der Waals surface area contributed by atoms with Crippen molar-refractivity contribution in [2.45, 2.75) is 13.0 Å². The Hall–Kier alpha value is -2.87. The lowest BCUT2D eigenvalue weighted by atomic mass is 10.1. The number of hydrogen-bond acceptors (Lipinski definition) is 5.